The average molecular weight is 379 g/mol. The summed E-state index contributed by atoms with van der Waals surface area (Å²) < 4.78 is 10.9. The van der Waals surface area contributed by atoms with Crippen LogP contribution in [0.25, 0.3) is 0 Å². The zero-order valence-corrected chi connectivity index (χ0v) is 15.1. The third-order valence-corrected chi connectivity index (χ3v) is 4.77. The molecule has 138 valence electrons. The summed E-state index contributed by atoms with van der Waals surface area (Å²) in [6.07, 6.45) is 2.80. The second-order valence-electron chi connectivity index (χ2n) is 6.10. The number of halogens is 1. The second-order valence-corrected chi connectivity index (χ2v) is 6.54. The van der Waals surface area contributed by atoms with E-state index in [0.29, 0.717) is 10.6 Å². The molecule has 2 aliphatic heterocycles. The first-order valence-electron chi connectivity index (χ1n) is 8.48. The molecule has 1 aromatic carbocycles. The van der Waals surface area contributed by atoms with E-state index < -0.39 is 23.0 Å². The average Bonchev–Trinajstić information content (AvgIpc) is 3.15. The number of nitro benzene ring substituents is 1. The molecule has 2 aliphatic rings. The molecule has 0 spiro atoms. The Morgan fingerprint density at radius 1 is 1.46 bits per heavy atom. The minimum Gasteiger partial charge on any atom is -0.473 e. The lowest BCUT2D eigenvalue weighted by molar-refractivity contribution is -0.385. The van der Waals surface area contributed by atoms with Crippen molar-refractivity contribution in [2.45, 2.75) is 31.9 Å². The first-order chi connectivity index (χ1) is 12.5. The van der Waals surface area contributed by atoms with Crippen molar-refractivity contribution in [3.05, 3.63) is 56.5 Å². The Labute approximate surface area is 156 Å². The van der Waals surface area contributed by atoms with Crippen LogP contribution in [-0.4, -0.2) is 41.7 Å². The highest BCUT2D eigenvalue weighted by Gasteiger charge is 2.42. The first kappa shape index (κ1) is 18.5. The number of ether oxygens (including phenoxy) is 2. The molecule has 1 aromatic rings. The number of hydrogen-bond donors (Lipinski definition) is 0. The topological polar surface area (TPSA) is 81.9 Å². The molecule has 7 nitrogen and oxygen atoms in total. The second kappa shape index (κ2) is 7.91. The number of nitro groups is 1. The number of rotatable bonds is 5. The molecule has 2 unspecified atom stereocenters. The predicted octanol–water partition coefficient (Wildman–Crippen LogP) is 3.39. The molecule has 0 aliphatic carbocycles. The number of carbonyl (C=O) groups excluding carboxylic acids is 1. The van der Waals surface area contributed by atoms with Crippen molar-refractivity contribution in [3.63, 3.8) is 0 Å². The molecule has 0 N–H and O–H groups in total. The van der Waals surface area contributed by atoms with Gasteiger partial charge in [-0.3, -0.25) is 15.0 Å². The Hall–Kier alpha value is -2.34. The van der Waals surface area contributed by atoms with Crippen molar-refractivity contribution in [1.29, 1.82) is 0 Å². The van der Waals surface area contributed by atoms with E-state index in [2.05, 4.69) is 10.6 Å². The Morgan fingerprint density at radius 2 is 2.19 bits per heavy atom. The molecule has 8 heteroatoms. The van der Waals surface area contributed by atoms with Gasteiger partial charge in [0.25, 0.3) is 5.69 Å². The summed E-state index contributed by atoms with van der Waals surface area (Å²) in [5.41, 5.74) is 3.21. The highest BCUT2D eigenvalue weighted by Crippen LogP contribution is 2.40. The van der Waals surface area contributed by atoms with E-state index in [4.69, 9.17) is 21.1 Å². The number of carbonyl (C=O) groups is 1. The summed E-state index contributed by atoms with van der Waals surface area (Å²) in [7, 11) is 0. The van der Waals surface area contributed by atoms with Gasteiger partial charge in [0.2, 0.25) is 0 Å². The van der Waals surface area contributed by atoms with E-state index in [0.717, 1.165) is 25.9 Å². The number of esters is 1. The largest absolute Gasteiger partial charge is 0.473 e. The number of likely N-dealkylation sites (tertiary alicyclic amines) is 1. The van der Waals surface area contributed by atoms with E-state index in [-0.39, 0.29) is 17.9 Å². The molecule has 0 aromatic heterocycles. The standard InChI is InChI=1S/C18H19ClN2O5/c1-2-25-18(22)13-7-10-26-17(20-8-3-4-9-20)16(13)14-11-12(19)5-6-15(14)21(23)24/h5-6,10-11,16-17H,2-4,8-9H2,1H3. The van der Waals surface area contributed by atoms with Crippen LogP contribution in [0.5, 0.6) is 0 Å². The van der Waals surface area contributed by atoms with Crippen LogP contribution in [0.2, 0.25) is 5.02 Å². The lowest BCUT2D eigenvalue weighted by atomic mass is 9.87. The summed E-state index contributed by atoms with van der Waals surface area (Å²) in [6.45, 7) is 3.48. The normalized spacial score (nSPS) is 22.6. The molecule has 26 heavy (non-hydrogen) atoms. The zero-order valence-electron chi connectivity index (χ0n) is 14.3. The molecule has 0 radical (unpaired) electrons. The van der Waals surface area contributed by atoms with Gasteiger partial charge >= 0.3 is 5.97 Å². The van der Waals surface area contributed by atoms with Crippen LogP contribution < -0.4 is 0 Å². The molecule has 2 atom stereocenters. The number of benzene rings is 1. The van der Waals surface area contributed by atoms with E-state index in [9.17, 15) is 14.9 Å². The van der Waals surface area contributed by atoms with Crippen molar-refractivity contribution in [2.24, 2.45) is 0 Å². The lowest BCUT2D eigenvalue weighted by Gasteiger charge is -2.35. The fraction of sp³-hybridized carbons (Fsp3) is 0.444. The van der Waals surface area contributed by atoms with Crippen LogP contribution in [0.4, 0.5) is 5.69 Å². The summed E-state index contributed by atoms with van der Waals surface area (Å²) in [5, 5.41) is 11.9. The number of hydrogen-bond acceptors (Lipinski definition) is 6. The highest BCUT2D eigenvalue weighted by atomic mass is 35.5. The SMILES string of the molecule is CCOC(=O)C1=C=COC(N2CCCC2)C1c1cc(Cl)ccc1[N+](=O)[O-]. The fourth-order valence-corrected chi connectivity index (χ4v) is 3.60. The Bertz CT molecular complexity index is 782. The molecule has 0 amide bonds. The van der Waals surface area contributed by atoms with Crippen LogP contribution in [0.15, 0.2) is 35.8 Å². The minimum absolute atomic E-state index is 0.113. The Morgan fingerprint density at radius 3 is 2.85 bits per heavy atom. The molecular weight excluding hydrogens is 360 g/mol. The maximum absolute atomic E-state index is 12.5. The molecular formula is C18H19ClN2O5. The van der Waals surface area contributed by atoms with Crippen LogP contribution in [0.1, 0.15) is 31.2 Å². The van der Waals surface area contributed by atoms with Crippen LogP contribution >= 0.6 is 11.6 Å². The van der Waals surface area contributed by atoms with E-state index in [1.165, 1.54) is 24.5 Å². The van der Waals surface area contributed by atoms with Crippen LogP contribution in [-0.2, 0) is 14.3 Å². The molecule has 0 bridgehead atoms. The molecule has 0 saturated carbocycles. The molecule has 1 fully saturated rings. The summed E-state index contributed by atoms with van der Waals surface area (Å²) >= 11 is 6.11. The number of nitrogens with zero attached hydrogens (tertiary/aromatic N) is 2. The van der Waals surface area contributed by atoms with Gasteiger partial charge in [0.05, 0.1) is 23.0 Å². The Balaban J connectivity index is 2.12. The van der Waals surface area contributed by atoms with Crippen LogP contribution in [0, 0.1) is 10.1 Å². The van der Waals surface area contributed by atoms with Gasteiger partial charge in [-0.1, -0.05) is 17.3 Å². The van der Waals surface area contributed by atoms with E-state index in [1.807, 2.05) is 0 Å². The third-order valence-electron chi connectivity index (χ3n) is 4.54. The van der Waals surface area contributed by atoms with Gasteiger partial charge < -0.3 is 9.47 Å². The van der Waals surface area contributed by atoms with Crippen LogP contribution in [0.3, 0.4) is 0 Å². The van der Waals surface area contributed by atoms with Gasteiger partial charge in [-0.05, 0) is 31.9 Å². The van der Waals surface area contributed by atoms with Gasteiger partial charge in [0.1, 0.15) is 6.26 Å². The molecule has 1 saturated heterocycles. The van der Waals surface area contributed by atoms with Gasteiger partial charge in [-0.15, -0.1) is 0 Å². The smallest absolute Gasteiger partial charge is 0.342 e. The predicted molar refractivity (Wildman–Crippen MR) is 94.8 cm³/mol. The summed E-state index contributed by atoms with van der Waals surface area (Å²) in [5.74, 6) is -1.27. The quantitative estimate of drug-likeness (QED) is 0.338. The maximum atomic E-state index is 12.5. The van der Waals surface area contributed by atoms with Crippen molar-refractivity contribution in [2.75, 3.05) is 19.7 Å². The van der Waals surface area contributed by atoms with E-state index >= 15 is 0 Å². The first-order valence-corrected chi connectivity index (χ1v) is 8.86. The summed E-state index contributed by atoms with van der Waals surface area (Å²) in [6, 6.07) is 4.32. The lowest BCUT2D eigenvalue weighted by Crippen LogP contribution is -2.42. The Kier molecular flexibility index (Phi) is 5.61. The van der Waals surface area contributed by atoms with Gasteiger partial charge in [0, 0.05) is 29.7 Å². The van der Waals surface area contributed by atoms with Crippen molar-refractivity contribution in [3.8, 4) is 0 Å². The monoisotopic (exact) mass is 378 g/mol. The van der Waals surface area contributed by atoms with Gasteiger partial charge in [-0.25, -0.2) is 4.79 Å². The summed E-state index contributed by atoms with van der Waals surface area (Å²) in [4.78, 5) is 25.6. The fourth-order valence-electron chi connectivity index (χ4n) is 3.42. The zero-order chi connectivity index (χ0) is 18.7. The van der Waals surface area contributed by atoms with Crippen molar-refractivity contribution >= 4 is 23.3 Å². The highest BCUT2D eigenvalue weighted by molar-refractivity contribution is 6.30. The van der Waals surface area contributed by atoms with Gasteiger partial charge in [0.15, 0.2) is 6.23 Å². The maximum Gasteiger partial charge on any atom is 0.342 e. The van der Waals surface area contributed by atoms with Gasteiger partial charge in [-0.2, -0.15) is 0 Å². The minimum atomic E-state index is -0.712. The molecule has 3 rings (SSSR count). The van der Waals surface area contributed by atoms with Crippen molar-refractivity contribution < 1.29 is 19.2 Å². The van der Waals surface area contributed by atoms with Crippen molar-refractivity contribution in [1.82, 2.24) is 4.90 Å². The third kappa shape index (κ3) is 3.60. The molecule has 2 heterocycles. The van der Waals surface area contributed by atoms with E-state index in [1.54, 1.807) is 6.92 Å².